The van der Waals surface area contributed by atoms with Crippen LogP contribution in [0.4, 0.5) is 0 Å². The second kappa shape index (κ2) is 3.68. The maximum atomic E-state index is 9.87. The molecule has 0 aliphatic carbocycles. The predicted molar refractivity (Wildman–Crippen MR) is 39.2 cm³/mol. The maximum absolute atomic E-state index is 9.87. The Bertz CT molecular complexity index is 137. The number of nitrogens with zero attached hydrogens (tertiary/aromatic N) is 1. The number of hydrogen-bond acceptors (Lipinski definition) is 3. The number of likely N-dealkylation sites (N-methyl/N-ethyl adjacent to an activating group) is 1. The van der Waals surface area contributed by atoms with Crippen molar-refractivity contribution < 1.29 is 9.90 Å². The third-order valence-electron chi connectivity index (χ3n) is 0.693. The van der Waals surface area contributed by atoms with Gasteiger partial charge in [0, 0.05) is 7.05 Å². The Morgan fingerprint density at radius 3 is 2.44 bits per heavy atom. The Morgan fingerprint density at radius 2 is 2.33 bits per heavy atom. The summed E-state index contributed by atoms with van der Waals surface area (Å²) in [6.07, 6.45) is 0. The molecule has 0 amide bonds. The Kier molecular flexibility index (Phi) is 3.56. The van der Waals surface area contributed by atoms with Gasteiger partial charge in [-0.3, -0.25) is 0 Å². The lowest BCUT2D eigenvalue weighted by Crippen LogP contribution is -2.36. The minimum Gasteiger partial charge on any atom is -0.548 e. The van der Waals surface area contributed by atoms with Crippen LogP contribution >= 0.6 is 24.8 Å². The molecule has 5 heteroatoms. The van der Waals surface area contributed by atoms with E-state index in [2.05, 4.69) is 24.8 Å². The third kappa shape index (κ3) is 4.23. The van der Waals surface area contributed by atoms with Crippen LogP contribution in [0.2, 0.25) is 0 Å². The van der Waals surface area contributed by atoms with Crippen LogP contribution in [0.5, 0.6) is 0 Å². The summed E-state index contributed by atoms with van der Waals surface area (Å²) in [7, 11) is 1.53. The average Bonchev–Trinajstić information content (AvgIpc) is 1.63. The van der Waals surface area contributed by atoms with E-state index in [1.807, 2.05) is 0 Å². The molecule has 0 saturated heterocycles. The molecule has 0 unspecified atom stereocenters. The summed E-state index contributed by atoms with van der Waals surface area (Å²) < 4.78 is 0.249. The Balaban J connectivity index is 3.63. The zero-order valence-electron chi connectivity index (χ0n) is 4.83. The summed E-state index contributed by atoms with van der Waals surface area (Å²) in [6.45, 7) is -0.206. The molecule has 0 spiro atoms. The van der Waals surface area contributed by atoms with E-state index in [-0.39, 0.29) is 10.9 Å². The monoisotopic (exact) mass is 164 g/mol. The number of thiocarbonyl (C=S) groups is 1. The normalized spacial score (nSPS) is 8.67. The summed E-state index contributed by atoms with van der Waals surface area (Å²) in [4.78, 5) is 11.2. The van der Waals surface area contributed by atoms with E-state index < -0.39 is 5.97 Å². The molecule has 3 nitrogen and oxygen atoms in total. The van der Waals surface area contributed by atoms with Gasteiger partial charge in [-0.25, -0.2) is 0 Å². The van der Waals surface area contributed by atoms with Gasteiger partial charge >= 0.3 is 0 Å². The number of hydrogen-bond donors (Lipinski definition) is 1. The Morgan fingerprint density at radius 1 is 1.89 bits per heavy atom. The van der Waals surface area contributed by atoms with Crippen molar-refractivity contribution >= 4 is 35.1 Å². The minimum atomic E-state index is -1.16. The number of carboxylic acid groups (broad SMARTS) is 1. The van der Waals surface area contributed by atoms with E-state index in [0.29, 0.717) is 0 Å². The number of thiol groups is 1. The van der Waals surface area contributed by atoms with E-state index in [1.54, 1.807) is 0 Å². The molecule has 0 fully saturated rings. The van der Waals surface area contributed by atoms with Crippen LogP contribution in [0.1, 0.15) is 0 Å². The van der Waals surface area contributed by atoms with E-state index in [0.717, 1.165) is 0 Å². The molecule has 9 heavy (non-hydrogen) atoms. The van der Waals surface area contributed by atoms with Crippen molar-refractivity contribution in [3.63, 3.8) is 0 Å². The molecule has 0 aromatic rings. The van der Waals surface area contributed by atoms with E-state index in [4.69, 9.17) is 0 Å². The number of aliphatic carboxylic acids is 1. The first-order chi connectivity index (χ1) is 4.04. The van der Waals surface area contributed by atoms with E-state index in [9.17, 15) is 9.90 Å². The van der Waals surface area contributed by atoms with Gasteiger partial charge < -0.3 is 14.8 Å². The molecule has 0 heterocycles. The van der Waals surface area contributed by atoms with Crippen LogP contribution < -0.4 is 5.11 Å². The average molecular weight is 164 g/mol. The summed E-state index contributed by atoms with van der Waals surface area (Å²) in [5.41, 5.74) is 0. The van der Waals surface area contributed by atoms with Crippen molar-refractivity contribution in [2.75, 3.05) is 13.6 Å². The fourth-order valence-corrected chi connectivity index (χ4v) is 0.397. The summed E-state index contributed by atoms with van der Waals surface area (Å²) in [5, 5.41) is 9.87. The van der Waals surface area contributed by atoms with Crippen LogP contribution in [0.3, 0.4) is 0 Å². The Labute approximate surface area is 64.1 Å². The largest absolute Gasteiger partial charge is 0.548 e. The lowest BCUT2D eigenvalue weighted by molar-refractivity contribution is -0.305. The first-order valence-corrected chi connectivity index (χ1v) is 3.03. The van der Waals surface area contributed by atoms with Crippen molar-refractivity contribution in [3.8, 4) is 0 Å². The second-order valence-electron chi connectivity index (χ2n) is 1.51. The van der Waals surface area contributed by atoms with Gasteiger partial charge in [-0.05, 0) is 0 Å². The van der Waals surface area contributed by atoms with Gasteiger partial charge in [0.05, 0.1) is 12.5 Å². The summed E-state index contributed by atoms with van der Waals surface area (Å²) in [6, 6.07) is 0. The lowest BCUT2D eigenvalue weighted by Gasteiger charge is -2.15. The number of carbonyl (C=O) groups excluding carboxylic acids is 1. The van der Waals surface area contributed by atoms with Crippen LogP contribution in [0, 0.1) is 0 Å². The predicted octanol–water partition coefficient (Wildman–Crippen LogP) is -1.12. The molecule has 0 atom stereocenters. The Hall–Kier alpha value is -0.290. The standard InChI is InChI=1S/C4H7NO2S2/c1-5(4(8)9)2-3(6)7/h2H2,1H3,(H,6,7)(H,8,9)/p-1. The van der Waals surface area contributed by atoms with Crippen LogP contribution in [-0.4, -0.2) is 28.8 Å². The molecule has 52 valence electrons. The van der Waals surface area contributed by atoms with Crippen molar-refractivity contribution in [2.45, 2.75) is 0 Å². The molecule has 0 aromatic heterocycles. The SMILES string of the molecule is CN(CC(=O)[O-])C(=S)S. The summed E-state index contributed by atoms with van der Waals surface area (Å²) >= 11 is 8.27. The van der Waals surface area contributed by atoms with Crippen molar-refractivity contribution in [2.24, 2.45) is 0 Å². The zero-order chi connectivity index (χ0) is 7.44. The highest BCUT2D eigenvalue weighted by atomic mass is 32.1. The molecule has 0 aliphatic heterocycles. The molecular weight excluding hydrogens is 158 g/mol. The molecule has 0 radical (unpaired) electrons. The topological polar surface area (TPSA) is 43.4 Å². The van der Waals surface area contributed by atoms with Gasteiger partial charge in [0.2, 0.25) is 0 Å². The van der Waals surface area contributed by atoms with Gasteiger partial charge in [-0.2, -0.15) is 0 Å². The molecule has 0 aromatic carbocycles. The number of rotatable bonds is 2. The van der Waals surface area contributed by atoms with Gasteiger partial charge in [0.25, 0.3) is 0 Å². The molecule has 0 saturated carbocycles. The van der Waals surface area contributed by atoms with Crippen molar-refractivity contribution in [1.29, 1.82) is 0 Å². The molecule has 0 rings (SSSR count). The smallest absolute Gasteiger partial charge is 0.133 e. The highest BCUT2D eigenvalue weighted by molar-refractivity contribution is 8.10. The fraction of sp³-hybridized carbons (Fsp3) is 0.500. The molecular formula is C4H6NO2S2-. The molecule has 0 N–H and O–H groups in total. The quantitative estimate of drug-likeness (QED) is 0.415. The minimum absolute atomic E-state index is 0.206. The van der Waals surface area contributed by atoms with Gasteiger partial charge in [0.1, 0.15) is 4.32 Å². The second-order valence-corrected chi connectivity index (χ2v) is 2.62. The fourth-order valence-electron chi connectivity index (χ4n) is 0.261. The van der Waals surface area contributed by atoms with Gasteiger partial charge in [-0.1, -0.05) is 12.2 Å². The first kappa shape index (κ1) is 8.71. The molecule has 0 aliphatic rings. The van der Waals surface area contributed by atoms with E-state index in [1.165, 1.54) is 11.9 Å². The van der Waals surface area contributed by atoms with Crippen molar-refractivity contribution in [1.82, 2.24) is 4.90 Å². The first-order valence-electron chi connectivity index (χ1n) is 2.18. The zero-order valence-corrected chi connectivity index (χ0v) is 6.54. The van der Waals surface area contributed by atoms with E-state index >= 15 is 0 Å². The third-order valence-corrected chi connectivity index (χ3v) is 1.35. The molecule has 0 bridgehead atoms. The van der Waals surface area contributed by atoms with Gasteiger partial charge in [0.15, 0.2) is 0 Å². The van der Waals surface area contributed by atoms with Crippen molar-refractivity contribution in [3.05, 3.63) is 0 Å². The maximum Gasteiger partial charge on any atom is 0.133 e. The van der Waals surface area contributed by atoms with Crippen LogP contribution in [-0.2, 0) is 4.79 Å². The van der Waals surface area contributed by atoms with Crippen LogP contribution in [0.15, 0.2) is 0 Å². The highest BCUT2D eigenvalue weighted by Crippen LogP contribution is 1.89. The summed E-state index contributed by atoms with van der Waals surface area (Å²) in [5.74, 6) is -1.16. The number of carbonyl (C=O) groups is 1. The number of carboxylic acids is 1. The lowest BCUT2D eigenvalue weighted by atomic mass is 10.6. The van der Waals surface area contributed by atoms with Gasteiger partial charge in [-0.15, -0.1) is 12.6 Å². The van der Waals surface area contributed by atoms with Crippen LogP contribution in [0.25, 0.3) is 0 Å². The highest BCUT2D eigenvalue weighted by Gasteiger charge is 1.96.